The van der Waals surface area contributed by atoms with Gasteiger partial charge in [0, 0.05) is 31.4 Å². The van der Waals surface area contributed by atoms with Gasteiger partial charge in [-0.05, 0) is 33.1 Å². The summed E-state index contributed by atoms with van der Waals surface area (Å²) in [4.78, 5) is 42.1. The van der Waals surface area contributed by atoms with Crippen molar-refractivity contribution in [3.63, 3.8) is 0 Å². The van der Waals surface area contributed by atoms with Crippen LogP contribution < -0.4 is 9.96 Å². The molecule has 0 unspecified atom stereocenters. The third-order valence-corrected chi connectivity index (χ3v) is 4.36. The summed E-state index contributed by atoms with van der Waals surface area (Å²) >= 11 is 0. The van der Waals surface area contributed by atoms with Gasteiger partial charge in [-0.25, -0.2) is 9.97 Å². The van der Waals surface area contributed by atoms with Crippen LogP contribution >= 0.6 is 0 Å². The molecule has 0 N–H and O–H groups in total. The highest BCUT2D eigenvalue weighted by molar-refractivity contribution is 5.92. The summed E-state index contributed by atoms with van der Waals surface area (Å²) in [7, 11) is 0. The highest BCUT2D eigenvalue weighted by atomic mass is 16.7. The first-order valence-electron chi connectivity index (χ1n) is 9.25. The fourth-order valence-corrected chi connectivity index (χ4v) is 3.05. The molecule has 9 nitrogen and oxygen atoms in total. The molecule has 144 valence electrons. The molecule has 0 aliphatic carbocycles. The number of amides is 1. The summed E-state index contributed by atoms with van der Waals surface area (Å²) in [5.41, 5.74) is 0. The molecule has 0 bridgehead atoms. The predicted octanol–water partition coefficient (Wildman–Crippen LogP) is 1.87. The zero-order valence-electron chi connectivity index (χ0n) is 16.0. The van der Waals surface area contributed by atoms with Crippen LogP contribution in [0.4, 0.5) is 11.8 Å². The molecule has 1 fully saturated rings. The van der Waals surface area contributed by atoms with Crippen LogP contribution in [0, 0.1) is 19.8 Å². The Hall–Kier alpha value is -2.68. The molecule has 3 rings (SSSR count). The molecule has 0 atom stereocenters. The molecule has 9 heteroatoms. The number of carbonyl (C=O) groups excluding carboxylic acids is 1. The summed E-state index contributed by atoms with van der Waals surface area (Å²) in [5.74, 6) is 2.30. The number of anilines is 2. The topological polar surface area (TPSA) is 97.2 Å². The first-order valence-corrected chi connectivity index (χ1v) is 9.25. The maximum absolute atomic E-state index is 13.0. The van der Waals surface area contributed by atoms with Gasteiger partial charge in [0.25, 0.3) is 5.91 Å². The van der Waals surface area contributed by atoms with Crippen LogP contribution in [0.1, 0.15) is 37.8 Å². The summed E-state index contributed by atoms with van der Waals surface area (Å²) in [6.07, 6.45) is 6.88. The van der Waals surface area contributed by atoms with E-state index in [1.54, 1.807) is 18.6 Å². The lowest BCUT2D eigenvalue weighted by atomic mass is 9.96. The molecule has 0 aromatic carbocycles. The fraction of sp³-hybridized carbons (Fsp3) is 0.556. The number of aryl methyl sites for hydroxylation is 2. The average molecular weight is 371 g/mol. The largest absolute Gasteiger partial charge is 0.341 e. The standard InChI is InChI=1S/C18H25N7O2/c1-4-11-27-25(16-12-19-7-8-20-16)17(26)15-5-9-24(10-6-15)18-22-13(2)21-14(3)23-18/h7-8,12,15H,4-6,9-11H2,1-3H3. The molecular formula is C18H25N7O2. The molecule has 0 radical (unpaired) electrons. The van der Waals surface area contributed by atoms with E-state index in [1.807, 2.05) is 20.8 Å². The van der Waals surface area contributed by atoms with Crippen molar-refractivity contribution in [1.29, 1.82) is 0 Å². The van der Waals surface area contributed by atoms with Gasteiger partial charge in [-0.2, -0.15) is 15.0 Å². The maximum Gasteiger partial charge on any atom is 0.255 e. The van der Waals surface area contributed by atoms with Gasteiger partial charge in [-0.3, -0.25) is 14.6 Å². The number of hydrogen-bond donors (Lipinski definition) is 0. The lowest BCUT2D eigenvalue weighted by Gasteiger charge is -2.33. The van der Waals surface area contributed by atoms with E-state index in [-0.39, 0.29) is 11.8 Å². The van der Waals surface area contributed by atoms with Crippen molar-refractivity contribution >= 4 is 17.7 Å². The van der Waals surface area contributed by atoms with Crippen molar-refractivity contribution in [3.8, 4) is 0 Å². The number of hydrogen-bond acceptors (Lipinski definition) is 8. The monoisotopic (exact) mass is 371 g/mol. The Bertz CT molecular complexity index is 743. The highest BCUT2D eigenvalue weighted by Gasteiger charge is 2.31. The SMILES string of the molecule is CCCON(C(=O)C1CCN(c2nc(C)nc(C)n2)CC1)c1cnccn1. The van der Waals surface area contributed by atoms with Crippen molar-refractivity contribution in [2.75, 3.05) is 29.7 Å². The van der Waals surface area contributed by atoms with Gasteiger partial charge in [0.2, 0.25) is 5.95 Å². The molecule has 1 aliphatic rings. The Kier molecular flexibility index (Phi) is 6.23. The Labute approximate surface area is 158 Å². The molecule has 1 aliphatic heterocycles. The molecule has 0 saturated carbocycles. The zero-order chi connectivity index (χ0) is 19.2. The number of piperidine rings is 1. The normalized spacial score (nSPS) is 15.0. The van der Waals surface area contributed by atoms with Crippen LogP contribution in [-0.4, -0.2) is 50.5 Å². The van der Waals surface area contributed by atoms with E-state index in [9.17, 15) is 4.79 Å². The second kappa shape index (κ2) is 8.81. The van der Waals surface area contributed by atoms with Crippen LogP contribution in [0.2, 0.25) is 0 Å². The first kappa shape index (κ1) is 19.1. The number of hydroxylamine groups is 1. The van der Waals surface area contributed by atoms with Crippen LogP contribution in [-0.2, 0) is 9.63 Å². The minimum atomic E-state index is -0.135. The van der Waals surface area contributed by atoms with E-state index >= 15 is 0 Å². The third-order valence-electron chi connectivity index (χ3n) is 4.36. The van der Waals surface area contributed by atoms with E-state index in [0.29, 0.717) is 56.0 Å². The van der Waals surface area contributed by atoms with E-state index in [4.69, 9.17) is 4.84 Å². The van der Waals surface area contributed by atoms with Crippen LogP contribution in [0.5, 0.6) is 0 Å². The van der Waals surface area contributed by atoms with Gasteiger partial charge in [-0.1, -0.05) is 6.92 Å². The lowest BCUT2D eigenvalue weighted by Crippen LogP contribution is -2.43. The molecule has 0 spiro atoms. The highest BCUT2D eigenvalue weighted by Crippen LogP contribution is 2.24. The lowest BCUT2D eigenvalue weighted by molar-refractivity contribution is -0.130. The molecule has 1 amide bonds. The van der Waals surface area contributed by atoms with Gasteiger partial charge in [-0.15, -0.1) is 0 Å². The maximum atomic E-state index is 13.0. The van der Waals surface area contributed by atoms with Gasteiger partial charge in [0.05, 0.1) is 12.8 Å². The Balaban J connectivity index is 1.67. The van der Waals surface area contributed by atoms with Crippen molar-refractivity contribution in [2.45, 2.75) is 40.0 Å². The minimum Gasteiger partial charge on any atom is -0.341 e. The molecular weight excluding hydrogens is 346 g/mol. The van der Waals surface area contributed by atoms with Gasteiger partial charge in [0.15, 0.2) is 5.82 Å². The van der Waals surface area contributed by atoms with E-state index in [2.05, 4.69) is 29.8 Å². The molecule has 2 aromatic rings. The second-order valence-corrected chi connectivity index (χ2v) is 6.52. The van der Waals surface area contributed by atoms with Crippen molar-refractivity contribution in [2.24, 2.45) is 5.92 Å². The Morgan fingerprint density at radius 2 is 1.89 bits per heavy atom. The average Bonchev–Trinajstić information content (AvgIpc) is 2.68. The van der Waals surface area contributed by atoms with E-state index in [1.165, 1.54) is 5.06 Å². The van der Waals surface area contributed by atoms with Crippen LogP contribution in [0.3, 0.4) is 0 Å². The number of carbonyl (C=O) groups is 1. The smallest absolute Gasteiger partial charge is 0.255 e. The molecule has 2 aromatic heterocycles. The third kappa shape index (κ3) is 4.73. The molecule has 27 heavy (non-hydrogen) atoms. The second-order valence-electron chi connectivity index (χ2n) is 6.52. The summed E-state index contributed by atoms with van der Waals surface area (Å²) < 4.78 is 0. The first-order chi connectivity index (χ1) is 13.1. The summed E-state index contributed by atoms with van der Waals surface area (Å²) in [6, 6.07) is 0. The number of aromatic nitrogens is 5. The summed E-state index contributed by atoms with van der Waals surface area (Å²) in [5, 5.41) is 1.30. The van der Waals surface area contributed by atoms with E-state index < -0.39 is 0 Å². The van der Waals surface area contributed by atoms with Crippen LogP contribution in [0.15, 0.2) is 18.6 Å². The number of nitrogens with zero attached hydrogens (tertiary/aromatic N) is 7. The quantitative estimate of drug-likeness (QED) is 0.710. The van der Waals surface area contributed by atoms with Crippen molar-refractivity contribution in [1.82, 2.24) is 24.9 Å². The molecule has 3 heterocycles. The van der Waals surface area contributed by atoms with E-state index in [0.717, 1.165) is 6.42 Å². The minimum absolute atomic E-state index is 0.0772. The summed E-state index contributed by atoms with van der Waals surface area (Å²) in [6.45, 7) is 7.58. The Morgan fingerprint density at radius 1 is 1.19 bits per heavy atom. The van der Waals surface area contributed by atoms with Crippen molar-refractivity contribution in [3.05, 3.63) is 30.2 Å². The van der Waals surface area contributed by atoms with Crippen LogP contribution in [0.25, 0.3) is 0 Å². The fourth-order valence-electron chi connectivity index (χ4n) is 3.05. The Morgan fingerprint density at radius 3 is 2.48 bits per heavy atom. The molecule has 1 saturated heterocycles. The van der Waals surface area contributed by atoms with Gasteiger partial charge >= 0.3 is 0 Å². The predicted molar refractivity (Wildman–Crippen MR) is 100.0 cm³/mol. The van der Waals surface area contributed by atoms with Gasteiger partial charge < -0.3 is 4.90 Å². The van der Waals surface area contributed by atoms with Gasteiger partial charge in [0.1, 0.15) is 11.6 Å². The zero-order valence-corrected chi connectivity index (χ0v) is 16.0. The van der Waals surface area contributed by atoms with Crippen molar-refractivity contribution < 1.29 is 9.63 Å². The number of rotatable bonds is 6.